The van der Waals surface area contributed by atoms with Gasteiger partial charge in [0.15, 0.2) is 0 Å². The highest BCUT2D eigenvalue weighted by molar-refractivity contribution is 9.10. The van der Waals surface area contributed by atoms with Crippen molar-refractivity contribution in [1.82, 2.24) is 9.88 Å². The van der Waals surface area contributed by atoms with Gasteiger partial charge in [0.1, 0.15) is 23.7 Å². The molecule has 5 nitrogen and oxygen atoms in total. The van der Waals surface area contributed by atoms with Crippen molar-refractivity contribution < 1.29 is 13.9 Å². The van der Waals surface area contributed by atoms with E-state index in [0.717, 1.165) is 0 Å². The highest BCUT2D eigenvalue weighted by Crippen LogP contribution is 2.20. The normalized spacial score (nSPS) is 10.7. The summed E-state index contributed by atoms with van der Waals surface area (Å²) in [6, 6.07) is 12.0. The zero-order valence-electron chi connectivity index (χ0n) is 14.0. The van der Waals surface area contributed by atoms with Crippen LogP contribution in [0.5, 0.6) is 5.75 Å². The third-order valence-electron chi connectivity index (χ3n) is 3.92. The van der Waals surface area contributed by atoms with Crippen molar-refractivity contribution in [3.05, 3.63) is 74.7 Å². The molecule has 1 N–H and O–H groups in total. The molecule has 0 saturated carbocycles. The number of pyridine rings is 1. The van der Waals surface area contributed by atoms with Crippen LogP contribution in [0.15, 0.2) is 57.9 Å². The molecule has 0 radical (unpaired) electrons. The summed E-state index contributed by atoms with van der Waals surface area (Å²) in [6.45, 7) is 0.593. The zero-order chi connectivity index (χ0) is 18.7. The molecule has 0 spiro atoms. The minimum Gasteiger partial charge on any atom is -0.492 e. The fraction of sp³-hybridized carbons (Fsp3) is 0.158. The maximum Gasteiger partial charge on any atom is 0.259 e. The second-order valence-electron chi connectivity index (χ2n) is 5.73. The molecular formula is C19H16BrFN2O3. The summed E-state index contributed by atoms with van der Waals surface area (Å²) in [5.74, 6) is -0.308. The van der Waals surface area contributed by atoms with Crippen LogP contribution in [0.1, 0.15) is 10.4 Å². The largest absolute Gasteiger partial charge is 0.492 e. The Morgan fingerprint density at radius 3 is 2.73 bits per heavy atom. The fourth-order valence-electron chi connectivity index (χ4n) is 2.54. The summed E-state index contributed by atoms with van der Waals surface area (Å²) in [7, 11) is 1.59. The van der Waals surface area contributed by atoms with E-state index in [1.54, 1.807) is 7.05 Å². The second-order valence-corrected chi connectivity index (χ2v) is 6.65. The summed E-state index contributed by atoms with van der Waals surface area (Å²) in [4.78, 5) is 29.2. The minimum absolute atomic E-state index is 0.0442. The van der Waals surface area contributed by atoms with E-state index >= 15 is 0 Å². The van der Waals surface area contributed by atoms with E-state index in [0.29, 0.717) is 16.8 Å². The average Bonchev–Trinajstić information content (AvgIpc) is 2.63. The number of aromatic nitrogens is 1. The molecule has 0 bridgehead atoms. The molecular weight excluding hydrogens is 403 g/mol. The van der Waals surface area contributed by atoms with Gasteiger partial charge in [0.25, 0.3) is 5.91 Å². The van der Waals surface area contributed by atoms with Gasteiger partial charge in [0.05, 0.1) is 17.4 Å². The smallest absolute Gasteiger partial charge is 0.259 e. The van der Waals surface area contributed by atoms with E-state index in [-0.39, 0.29) is 23.1 Å². The number of hydrogen-bond acceptors (Lipinski definition) is 3. The molecule has 1 aromatic heterocycles. The number of nitrogens with zero attached hydrogens (tertiary/aromatic N) is 1. The monoisotopic (exact) mass is 418 g/mol. The molecule has 0 unspecified atom stereocenters. The van der Waals surface area contributed by atoms with Crippen molar-refractivity contribution in [2.75, 3.05) is 20.2 Å². The Hall–Kier alpha value is -2.67. The lowest BCUT2D eigenvalue weighted by molar-refractivity contribution is 0.0772. The molecule has 0 aliphatic rings. The molecule has 134 valence electrons. The van der Waals surface area contributed by atoms with E-state index in [2.05, 4.69) is 20.9 Å². The van der Waals surface area contributed by atoms with Gasteiger partial charge in [-0.15, -0.1) is 0 Å². The van der Waals surface area contributed by atoms with Crippen LogP contribution in [-0.4, -0.2) is 36.0 Å². The number of carbonyl (C=O) groups excluding carboxylic acids is 1. The number of benzene rings is 2. The Morgan fingerprint density at radius 2 is 2.00 bits per heavy atom. The summed E-state index contributed by atoms with van der Waals surface area (Å²) >= 11 is 3.16. The third kappa shape index (κ3) is 3.77. The number of carbonyl (C=O) groups is 1. The van der Waals surface area contributed by atoms with E-state index < -0.39 is 17.2 Å². The Bertz CT molecular complexity index is 1000. The summed E-state index contributed by atoms with van der Waals surface area (Å²) in [5, 5.41) is 0.122. The van der Waals surface area contributed by atoms with Crippen molar-refractivity contribution in [3.8, 4) is 5.75 Å². The van der Waals surface area contributed by atoms with E-state index in [9.17, 15) is 14.0 Å². The summed E-state index contributed by atoms with van der Waals surface area (Å²) in [6.07, 6.45) is 1.25. The highest BCUT2D eigenvalue weighted by atomic mass is 79.9. The van der Waals surface area contributed by atoms with Crippen LogP contribution in [0.2, 0.25) is 0 Å². The molecule has 0 fully saturated rings. The Kier molecular flexibility index (Phi) is 5.37. The first kappa shape index (κ1) is 18.1. The molecule has 7 heteroatoms. The number of amides is 1. The molecule has 2 aromatic carbocycles. The lowest BCUT2D eigenvalue weighted by Gasteiger charge is -2.17. The van der Waals surface area contributed by atoms with Gasteiger partial charge in [0.2, 0.25) is 5.43 Å². The molecule has 0 atom stereocenters. The van der Waals surface area contributed by atoms with E-state index in [1.807, 2.05) is 30.3 Å². The average molecular weight is 419 g/mol. The van der Waals surface area contributed by atoms with Gasteiger partial charge in [-0.3, -0.25) is 9.59 Å². The number of hydrogen-bond donors (Lipinski definition) is 1. The number of rotatable bonds is 5. The highest BCUT2D eigenvalue weighted by Gasteiger charge is 2.18. The Morgan fingerprint density at radius 1 is 1.27 bits per heavy atom. The van der Waals surface area contributed by atoms with Crippen molar-refractivity contribution in [1.29, 1.82) is 0 Å². The standard InChI is InChI=1S/C19H16BrFN2O3/c1-23(7-8-26-13-5-3-2-4-6-13)19(25)15-11-22-17-14(18(15)24)9-12(20)10-16(17)21/h2-6,9-11H,7-8H2,1H3,(H,22,24). The van der Waals surface area contributed by atoms with Crippen molar-refractivity contribution in [2.24, 2.45) is 0 Å². The van der Waals surface area contributed by atoms with Crippen LogP contribution in [-0.2, 0) is 0 Å². The molecule has 1 amide bonds. The van der Waals surface area contributed by atoms with Crippen LogP contribution in [0.3, 0.4) is 0 Å². The fourth-order valence-corrected chi connectivity index (χ4v) is 2.97. The van der Waals surface area contributed by atoms with Gasteiger partial charge in [-0.2, -0.15) is 0 Å². The number of H-pyrrole nitrogens is 1. The topological polar surface area (TPSA) is 62.4 Å². The van der Waals surface area contributed by atoms with Gasteiger partial charge in [-0.1, -0.05) is 34.1 Å². The third-order valence-corrected chi connectivity index (χ3v) is 4.38. The van der Waals surface area contributed by atoms with Gasteiger partial charge in [0, 0.05) is 17.7 Å². The second kappa shape index (κ2) is 7.70. The van der Waals surface area contributed by atoms with Crippen molar-refractivity contribution in [2.45, 2.75) is 0 Å². The molecule has 3 rings (SSSR count). The number of ether oxygens (including phenoxy) is 1. The first-order valence-corrected chi connectivity index (χ1v) is 8.70. The van der Waals surface area contributed by atoms with Crippen LogP contribution in [0.4, 0.5) is 4.39 Å². The van der Waals surface area contributed by atoms with Crippen molar-refractivity contribution >= 4 is 32.7 Å². The lowest BCUT2D eigenvalue weighted by atomic mass is 10.1. The predicted molar refractivity (Wildman–Crippen MR) is 101 cm³/mol. The molecule has 26 heavy (non-hydrogen) atoms. The quantitative estimate of drug-likeness (QED) is 0.688. The maximum absolute atomic E-state index is 13.9. The van der Waals surface area contributed by atoms with Crippen LogP contribution >= 0.6 is 15.9 Å². The van der Waals surface area contributed by atoms with E-state index in [4.69, 9.17) is 4.74 Å². The molecule has 0 aliphatic carbocycles. The predicted octanol–water partition coefficient (Wildman–Crippen LogP) is 3.58. The van der Waals surface area contributed by atoms with Gasteiger partial charge >= 0.3 is 0 Å². The number of nitrogens with one attached hydrogen (secondary N) is 1. The number of fused-ring (bicyclic) bond motifs is 1. The zero-order valence-corrected chi connectivity index (χ0v) is 15.5. The molecule has 3 aromatic rings. The van der Waals surface area contributed by atoms with Crippen LogP contribution in [0, 0.1) is 5.82 Å². The summed E-state index contributed by atoms with van der Waals surface area (Å²) < 4.78 is 19.9. The lowest BCUT2D eigenvalue weighted by Crippen LogP contribution is -2.34. The molecule has 1 heterocycles. The first-order chi connectivity index (χ1) is 12.5. The maximum atomic E-state index is 13.9. The van der Waals surface area contributed by atoms with Gasteiger partial charge in [-0.05, 0) is 24.3 Å². The number of halogens is 2. The molecule has 0 aliphatic heterocycles. The van der Waals surface area contributed by atoms with Crippen molar-refractivity contribution in [3.63, 3.8) is 0 Å². The minimum atomic E-state index is -0.560. The number of aromatic amines is 1. The summed E-state index contributed by atoms with van der Waals surface area (Å²) in [5.41, 5.74) is -0.484. The van der Waals surface area contributed by atoms with Gasteiger partial charge < -0.3 is 14.6 Å². The number of para-hydroxylation sites is 1. The Balaban J connectivity index is 1.76. The Labute approximate surface area is 157 Å². The van der Waals surface area contributed by atoms with E-state index in [1.165, 1.54) is 23.2 Å². The number of likely N-dealkylation sites (N-methyl/N-ethyl adjacent to an activating group) is 1. The van der Waals surface area contributed by atoms with Crippen LogP contribution in [0.25, 0.3) is 10.9 Å². The SMILES string of the molecule is CN(CCOc1ccccc1)C(=O)c1c[nH]c2c(F)cc(Br)cc2c1=O. The first-order valence-electron chi connectivity index (χ1n) is 7.91. The van der Waals surface area contributed by atoms with Gasteiger partial charge in [-0.25, -0.2) is 4.39 Å². The molecule has 0 saturated heterocycles. The van der Waals surface area contributed by atoms with Crippen LogP contribution < -0.4 is 10.2 Å².